The number of unbranched alkanes of at least 4 members (excludes halogenated alkanes) is 2. The van der Waals surface area contributed by atoms with Gasteiger partial charge in [-0.1, -0.05) is 90.3 Å². The molecule has 0 fully saturated rings. The van der Waals surface area contributed by atoms with Gasteiger partial charge in [0.2, 0.25) is 5.78 Å². The van der Waals surface area contributed by atoms with Crippen molar-refractivity contribution < 1.29 is 9.18 Å². The molecule has 2 aromatic carbocycles. The molecule has 0 atom stereocenters. The van der Waals surface area contributed by atoms with E-state index in [1.807, 2.05) is 43.3 Å². The zero-order chi connectivity index (χ0) is 28.8. The number of hydrogen-bond acceptors (Lipinski definition) is 4. The van der Waals surface area contributed by atoms with E-state index in [2.05, 4.69) is 44.6 Å². The molecular weight excluding hydrogens is 473 g/mol. The first-order chi connectivity index (χ1) is 18.2. The minimum absolute atomic E-state index is 0.0268. The number of allylic oxidation sites excluding steroid dienone is 4. The number of hydrogen-bond donors (Lipinski definition) is 2. The van der Waals surface area contributed by atoms with Crippen LogP contribution >= 0.6 is 0 Å². The molecule has 0 aliphatic rings. The first-order valence-electron chi connectivity index (χ1n) is 13.2. The Kier molecular flexibility index (Phi) is 19.1. The number of aryl methyl sites for hydroxylation is 1. The number of fused-ring (bicyclic) bond motifs is 1. The van der Waals surface area contributed by atoms with Gasteiger partial charge in [-0.25, -0.2) is 4.39 Å². The van der Waals surface area contributed by atoms with E-state index in [9.17, 15) is 9.18 Å². The van der Waals surface area contributed by atoms with Crippen LogP contribution < -0.4 is 5.32 Å². The zero-order valence-corrected chi connectivity index (χ0v) is 23.9. The van der Waals surface area contributed by atoms with Crippen molar-refractivity contribution in [3.05, 3.63) is 109 Å². The second-order valence-electron chi connectivity index (χ2n) is 8.46. The molecule has 0 radical (unpaired) electrons. The molecule has 4 nitrogen and oxygen atoms in total. The lowest BCUT2D eigenvalue weighted by Gasteiger charge is -2.00. The number of carbonyl (C=O) groups is 1. The third-order valence-corrected chi connectivity index (χ3v) is 5.19. The van der Waals surface area contributed by atoms with Gasteiger partial charge in [-0.05, 0) is 61.4 Å². The van der Waals surface area contributed by atoms with Crippen molar-refractivity contribution in [1.82, 2.24) is 4.98 Å². The minimum Gasteiger partial charge on any atom is -0.362 e. The van der Waals surface area contributed by atoms with Gasteiger partial charge in [-0.15, -0.1) is 0 Å². The van der Waals surface area contributed by atoms with Gasteiger partial charge >= 0.3 is 0 Å². The van der Waals surface area contributed by atoms with Crippen LogP contribution in [0.1, 0.15) is 65.9 Å². The molecule has 5 heteroatoms. The fraction of sp³-hybridized carbons (Fsp3) is 0.303. The van der Waals surface area contributed by atoms with Crippen LogP contribution in [-0.4, -0.2) is 16.5 Å². The summed E-state index contributed by atoms with van der Waals surface area (Å²) < 4.78 is 12.8. The highest BCUT2D eigenvalue weighted by Gasteiger charge is 2.06. The number of ketones is 1. The van der Waals surface area contributed by atoms with E-state index in [1.165, 1.54) is 50.1 Å². The normalized spacial score (nSPS) is 10.2. The number of para-hydroxylation sites is 1. The van der Waals surface area contributed by atoms with Crippen LogP contribution in [-0.2, 0) is 4.79 Å². The van der Waals surface area contributed by atoms with E-state index in [0.29, 0.717) is 5.57 Å². The summed E-state index contributed by atoms with van der Waals surface area (Å²) in [4.78, 5) is 15.7. The summed E-state index contributed by atoms with van der Waals surface area (Å²) in [6.45, 7) is 15.9. The molecule has 0 unspecified atom stereocenters. The fourth-order valence-corrected chi connectivity index (χ4v) is 2.54. The van der Waals surface area contributed by atoms with Crippen molar-refractivity contribution >= 4 is 28.1 Å². The quantitative estimate of drug-likeness (QED) is 0.178. The Bertz CT molecular complexity index is 1160. The van der Waals surface area contributed by atoms with Gasteiger partial charge in [-0.3, -0.25) is 15.2 Å². The highest BCUT2D eigenvalue weighted by atomic mass is 19.1. The van der Waals surface area contributed by atoms with Crippen molar-refractivity contribution in [2.45, 2.75) is 67.2 Å². The molecule has 1 heterocycles. The lowest BCUT2D eigenvalue weighted by Crippen LogP contribution is -2.11. The van der Waals surface area contributed by atoms with Gasteiger partial charge in [0.1, 0.15) is 11.5 Å². The van der Waals surface area contributed by atoms with Crippen molar-refractivity contribution in [3.63, 3.8) is 0 Å². The number of anilines is 1. The van der Waals surface area contributed by atoms with Crippen molar-refractivity contribution in [2.24, 2.45) is 0 Å². The SMILES string of the molecule is C=C/C=C(\C)C(=N)C(=O)/C=C\Nc1ccccc1.CCCC.CCCC.Cc1ccnc2ccc(F)cc12. The number of aromatic nitrogens is 1. The summed E-state index contributed by atoms with van der Waals surface area (Å²) in [5.74, 6) is -0.548. The first-order valence-corrected chi connectivity index (χ1v) is 13.2. The lowest BCUT2D eigenvalue weighted by atomic mass is 10.1. The second-order valence-corrected chi connectivity index (χ2v) is 8.46. The van der Waals surface area contributed by atoms with E-state index >= 15 is 0 Å². The van der Waals surface area contributed by atoms with Gasteiger partial charge in [0.25, 0.3) is 0 Å². The van der Waals surface area contributed by atoms with E-state index in [4.69, 9.17) is 5.41 Å². The molecule has 2 N–H and O–H groups in total. The Morgan fingerprint density at radius 1 is 1.00 bits per heavy atom. The smallest absolute Gasteiger partial charge is 0.205 e. The Morgan fingerprint density at radius 2 is 1.61 bits per heavy atom. The molecule has 0 bridgehead atoms. The number of halogens is 1. The van der Waals surface area contributed by atoms with Crippen LogP contribution in [0.4, 0.5) is 10.1 Å². The number of pyridine rings is 1. The Hall–Kier alpha value is -3.86. The Labute approximate surface area is 228 Å². The van der Waals surface area contributed by atoms with E-state index in [-0.39, 0.29) is 17.3 Å². The average molecular weight is 518 g/mol. The molecule has 0 saturated heterocycles. The van der Waals surface area contributed by atoms with Crippen LogP contribution in [0, 0.1) is 18.2 Å². The summed E-state index contributed by atoms with van der Waals surface area (Å²) in [5, 5.41) is 11.5. The zero-order valence-electron chi connectivity index (χ0n) is 23.9. The number of rotatable bonds is 8. The maximum atomic E-state index is 12.8. The van der Waals surface area contributed by atoms with Gasteiger partial charge in [0, 0.05) is 29.5 Å². The molecule has 38 heavy (non-hydrogen) atoms. The van der Waals surface area contributed by atoms with Gasteiger partial charge in [-0.2, -0.15) is 0 Å². The number of nitrogens with zero attached hydrogens (tertiary/aromatic N) is 1. The fourth-order valence-electron chi connectivity index (χ4n) is 2.54. The second kappa shape index (κ2) is 21.2. The minimum atomic E-state index is -0.339. The molecular formula is C33H44FN3O. The van der Waals surface area contributed by atoms with E-state index in [0.717, 1.165) is 22.2 Å². The summed E-state index contributed by atoms with van der Waals surface area (Å²) in [6.07, 6.45) is 13.1. The predicted molar refractivity (Wildman–Crippen MR) is 163 cm³/mol. The van der Waals surface area contributed by atoms with Crippen LogP contribution in [0.3, 0.4) is 0 Å². The van der Waals surface area contributed by atoms with E-state index in [1.54, 1.807) is 31.3 Å². The van der Waals surface area contributed by atoms with Crippen molar-refractivity contribution in [3.8, 4) is 0 Å². The van der Waals surface area contributed by atoms with Crippen molar-refractivity contribution in [1.29, 1.82) is 5.41 Å². The highest BCUT2D eigenvalue weighted by molar-refractivity contribution is 6.48. The van der Waals surface area contributed by atoms with Gasteiger partial charge in [0.15, 0.2) is 0 Å². The number of carbonyl (C=O) groups excluding carboxylic acids is 1. The van der Waals surface area contributed by atoms with Crippen LogP contribution in [0.25, 0.3) is 10.9 Å². The maximum Gasteiger partial charge on any atom is 0.205 e. The van der Waals surface area contributed by atoms with Gasteiger partial charge < -0.3 is 5.32 Å². The molecule has 1 aromatic heterocycles. The first kappa shape index (κ1) is 34.1. The molecule has 0 aliphatic heterocycles. The monoisotopic (exact) mass is 517 g/mol. The topological polar surface area (TPSA) is 65.8 Å². The molecule has 0 amide bonds. The predicted octanol–water partition coefficient (Wildman–Crippen LogP) is 9.63. The molecule has 3 rings (SSSR count). The summed E-state index contributed by atoms with van der Waals surface area (Å²) in [6, 6.07) is 16.0. The number of benzene rings is 2. The summed E-state index contributed by atoms with van der Waals surface area (Å²) in [7, 11) is 0. The standard InChI is InChI=1S/C15H16N2O.C10H8FN.2C4H10/c1-3-7-12(2)15(16)14(18)10-11-17-13-8-5-4-6-9-13;1-7-4-5-12-10-3-2-8(11)6-9(7)10;2*1-3-4-2/h3-11,16-17H,1H2,2H3;2-6H,1H3;2*3-4H2,1-2H3/b11-10-,12-7+,16-15?;;;. The lowest BCUT2D eigenvalue weighted by molar-refractivity contribution is -0.108. The summed E-state index contributed by atoms with van der Waals surface area (Å²) in [5.41, 5.74) is 3.36. The largest absolute Gasteiger partial charge is 0.362 e. The maximum absolute atomic E-state index is 12.8. The van der Waals surface area contributed by atoms with Crippen LogP contribution in [0.2, 0.25) is 0 Å². The molecule has 204 valence electrons. The molecule has 0 saturated carbocycles. The molecule has 0 spiro atoms. The van der Waals surface area contributed by atoms with Crippen molar-refractivity contribution in [2.75, 3.05) is 5.32 Å². The average Bonchev–Trinajstić information content (AvgIpc) is 2.94. The Morgan fingerprint density at radius 3 is 2.16 bits per heavy atom. The van der Waals surface area contributed by atoms with Crippen LogP contribution in [0.15, 0.2) is 97.4 Å². The third kappa shape index (κ3) is 14.6. The highest BCUT2D eigenvalue weighted by Crippen LogP contribution is 2.16. The molecule has 3 aromatic rings. The Balaban J connectivity index is 0.000000583. The third-order valence-electron chi connectivity index (χ3n) is 5.19. The van der Waals surface area contributed by atoms with Crippen LogP contribution in [0.5, 0.6) is 0 Å². The van der Waals surface area contributed by atoms with E-state index < -0.39 is 0 Å². The van der Waals surface area contributed by atoms with Gasteiger partial charge in [0.05, 0.1) is 5.52 Å². The number of nitrogens with one attached hydrogen (secondary N) is 2. The molecule has 0 aliphatic carbocycles. The summed E-state index contributed by atoms with van der Waals surface area (Å²) >= 11 is 0.